The van der Waals surface area contributed by atoms with Crippen LogP contribution in [0.25, 0.3) is 0 Å². The molecular weight excluding hydrogens is 242 g/mol. The number of aliphatic hydroxyl groups excluding tert-OH is 3. The van der Waals surface area contributed by atoms with Crippen molar-refractivity contribution in [1.29, 1.82) is 0 Å². The number of pyridine rings is 1. The fourth-order valence-electron chi connectivity index (χ4n) is 1.62. The van der Waals surface area contributed by atoms with Gasteiger partial charge in [-0.05, 0) is 12.1 Å². The van der Waals surface area contributed by atoms with Crippen LogP contribution in [-0.4, -0.2) is 57.5 Å². The zero-order valence-corrected chi connectivity index (χ0v) is 9.34. The second kappa shape index (κ2) is 5.40. The Balaban J connectivity index is 2.00. The number of ether oxygens (including phenoxy) is 2. The maximum atomic E-state index is 11.7. The van der Waals surface area contributed by atoms with Crippen molar-refractivity contribution in [2.24, 2.45) is 0 Å². The molecule has 0 aromatic carbocycles. The van der Waals surface area contributed by atoms with E-state index in [4.69, 9.17) is 14.6 Å². The first kappa shape index (κ1) is 12.9. The third kappa shape index (κ3) is 2.49. The first-order valence-electron chi connectivity index (χ1n) is 5.37. The average Bonchev–Trinajstić information content (AvgIpc) is 2.67. The third-order valence-corrected chi connectivity index (χ3v) is 2.62. The number of hydrogen-bond acceptors (Lipinski definition) is 7. The lowest BCUT2D eigenvalue weighted by atomic mass is 10.1. The summed E-state index contributed by atoms with van der Waals surface area (Å²) in [6.45, 7) is -0.473. The van der Waals surface area contributed by atoms with E-state index in [1.54, 1.807) is 6.07 Å². The van der Waals surface area contributed by atoms with Crippen molar-refractivity contribution in [3.63, 3.8) is 0 Å². The van der Waals surface area contributed by atoms with Crippen LogP contribution in [-0.2, 0) is 9.47 Å². The minimum atomic E-state index is -1.39. The monoisotopic (exact) mass is 255 g/mol. The molecule has 3 N–H and O–H groups in total. The molecule has 7 heteroatoms. The summed E-state index contributed by atoms with van der Waals surface area (Å²) < 4.78 is 9.90. The van der Waals surface area contributed by atoms with Gasteiger partial charge in [0.2, 0.25) is 6.29 Å². The molecule has 0 aliphatic carbocycles. The molecule has 2 rings (SSSR count). The maximum Gasteiger partial charge on any atom is 0.342 e. The highest BCUT2D eigenvalue weighted by Gasteiger charge is 2.44. The molecule has 2 heterocycles. The molecule has 1 aromatic rings. The van der Waals surface area contributed by atoms with Gasteiger partial charge in [0.15, 0.2) is 0 Å². The Morgan fingerprint density at radius 3 is 2.78 bits per heavy atom. The largest absolute Gasteiger partial charge is 0.429 e. The standard InChI is InChI=1S/C11H13NO6/c13-5-7-8(14)9(15)11(17-7)18-10(16)6-2-1-3-12-4-6/h1-4,7-9,11,13-15H,5H2. The fourth-order valence-corrected chi connectivity index (χ4v) is 1.62. The Hall–Kier alpha value is -1.54. The molecule has 1 aliphatic rings. The first-order valence-corrected chi connectivity index (χ1v) is 5.37. The summed E-state index contributed by atoms with van der Waals surface area (Å²) in [4.78, 5) is 15.4. The topological polar surface area (TPSA) is 109 Å². The minimum absolute atomic E-state index is 0.204. The van der Waals surface area contributed by atoms with Crippen LogP contribution in [0, 0.1) is 0 Å². The van der Waals surface area contributed by atoms with Crippen molar-refractivity contribution in [1.82, 2.24) is 4.98 Å². The number of carbonyl (C=O) groups is 1. The summed E-state index contributed by atoms with van der Waals surface area (Å²) in [6.07, 6.45) is -2.13. The van der Waals surface area contributed by atoms with Crippen molar-refractivity contribution in [3.8, 4) is 0 Å². The van der Waals surface area contributed by atoms with Crippen molar-refractivity contribution < 1.29 is 29.6 Å². The molecule has 0 amide bonds. The predicted molar refractivity (Wildman–Crippen MR) is 57.4 cm³/mol. The van der Waals surface area contributed by atoms with Gasteiger partial charge in [-0.1, -0.05) is 0 Å². The number of esters is 1. The Morgan fingerprint density at radius 2 is 2.22 bits per heavy atom. The highest BCUT2D eigenvalue weighted by Crippen LogP contribution is 2.22. The van der Waals surface area contributed by atoms with Gasteiger partial charge in [0.05, 0.1) is 12.2 Å². The van der Waals surface area contributed by atoms with Crippen LogP contribution < -0.4 is 0 Å². The summed E-state index contributed by atoms with van der Waals surface area (Å²) in [5, 5.41) is 27.9. The second-order valence-corrected chi connectivity index (χ2v) is 3.85. The van der Waals surface area contributed by atoms with Gasteiger partial charge >= 0.3 is 5.97 Å². The highest BCUT2D eigenvalue weighted by atomic mass is 16.7. The molecule has 0 bridgehead atoms. The number of rotatable bonds is 3. The van der Waals surface area contributed by atoms with Crippen LogP contribution in [0.2, 0.25) is 0 Å². The van der Waals surface area contributed by atoms with E-state index in [2.05, 4.69) is 4.98 Å². The van der Waals surface area contributed by atoms with Crippen LogP contribution in [0.15, 0.2) is 24.5 Å². The lowest BCUT2D eigenvalue weighted by Crippen LogP contribution is -2.35. The van der Waals surface area contributed by atoms with Crippen LogP contribution in [0.3, 0.4) is 0 Å². The molecule has 7 nitrogen and oxygen atoms in total. The normalized spacial score (nSPS) is 31.3. The van der Waals surface area contributed by atoms with Gasteiger partial charge in [-0.3, -0.25) is 4.98 Å². The number of aromatic nitrogens is 1. The van der Waals surface area contributed by atoms with Gasteiger partial charge < -0.3 is 24.8 Å². The summed E-state index contributed by atoms with van der Waals surface area (Å²) >= 11 is 0. The van der Waals surface area contributed by atoms with Gasteiger partial charge in [0.1, 0.15) is 18.3 Å². The van der Waals surface area contributed by atoms with Crippen LogP contribution in [0.5, 0.6) is 0 Å². The Kier molecular flexibility index (Phi) is 3.87. The number of nitrogens with zero attached hydrogens (tertiary/aromatic N) is 1. The Labute approximate surface area is 103 Å². The molecule has 1 saturated heterocycles. The van der Waals surface area contributed by atoms with Gasteiger partial charge in [0.25, 0.3) is 0 Å². The molecule has 1 fully saturated rings. The van der Waals surface area contributed by atoms with E-state index in [0.29, 0.717) is 0 Å². The van der Waals surface area contributed by atoms with Crippen molar-refractivity contribution in [3.05, 3.63) is 30.1 Å². The predicted octanol–water partition coefficient (Wildman–Crippen LogP) is -1.32. The van der Waals surface area contributed by atoms with E-state index in [9.17, 15) is 15.0 Å². The molecule has 18 heavy (non-hydrogen) atoms. The Morgan fingerprint density at radius 1 is 1.44 bits per heavy atom. The summed E-state index contributed by atoms with van der Waals surface area (Å²) in [7, 11) is 0. The van der Waals surface area contributed by atoms with Gasteiger partial charge in [0, 0.05) is 12.4 Å². The van der Waals surface area contributed by atoms with Gasteiger partial charge in [-0.25, -0.2) is 4.79 Å². The minimum Gasteiger partial charge on any atom is -0.429 e. The van der Waals surface area contributed by atoms with E-state index in [1.807, 2.05) is 0 Å². The van der Waals surface area contributed by atoms with Crippen molar-refractivity contribution in [2.45, 2.75) is 24.6 Å². The van der Waals surface area contributed by atoms with Crippen LogP contribution in [0.1, 0.15) is 10.4 Å². The van der Waals surface area contributed by atoms with Crippen LogP contribution in [0.4, 0.5) is 0 Å². The summed E-state index contributed by atoms with van der Waals surface area (Å²) in [5.41, 5.74) is 0.204. The SMILES string of the molecule is O=C(OC1OC(CO)C(O)C1O)c1cccnc1. The molecule has 1 aromatic heterocycles. The molecule has 4 atom stereocenters. The number of carbonyl (C=O) groups excluding carboxylic acids is 1. The van der Waals surface area contributed by atoms with Crippen molar-refractivity contribution in [2.75, 3.05) is 6.61 Å². The number of hydrogen-bond donors (Lipinski definition) is 3. The molecule has 0 saturated carbocycles. The van der Waals surface area contributed by atoms with E-state index < -0.39 is 37.2 Å². The fraction of sp³-hybridized carbons (Fsp3) is 0.455. The zero-order chi connectivity index (χ0) is 13.1. The zero-order valence-electron chi connectivity index (χ0n) is 9.34. The van der Waals surface area contributed by atoms with E-state index in [1.165, 1.54) is 18.5 Å². The van der Waals surface area contributed by atoms with E-state index in [-0.39, 0.29) is 5.56 Å². The molecule has 1 aliphatic heterocycles. The number of aliphatic hydroxyl groups is 3. The van der Waals surface area contributed by atoms with Crippen molar-refractivity contribution >= 4 is 5.97 Å². The first-order chi connectivity index (χ1) is 8.63. The van der Waals surface area contributed by atoms with Crippen LogP contribution >= 0.6 is 0 Å². The van der Waals surface area contributed by atoms with Gasteiger partial charge in [-0.2, -0.15) is 0 Å². The molecular formula is C11H13NO6. The summed E-state index contributed by atoms with van der Waals surface area (Å²) in [5.74, 6) is -0.724. The molecule has 0 radical (unpaired) electrons. The smallest absolute Gasteiger partial charge is 0.342 e. The van der Waals surface area contributed by atoms with E-state index >= 15 is 0 Å². The summed E-state index contributed by atoms with van der Waals surface area (Å²) in [6, 6.07) is 3.06. The second-order valence-electron chi connectivity index (χ2n) is 3.85. The maximum absolute atomic E-state index is 11.7. The molecule has 4 unspecified atom stereocenters. The quantitative estimate of drug-likeness (QED) is 0.574. The molecule has 0 spiro atoms. The lowest BCUT2D eigenvalue weighted by Gasteiger charge is -2.15. The highest BCUT2D eigenvalue weighted by molar-refractivity contribution is 5.89. The third-order valence-electron chi connectivity index (χ3n) is 2.62. The molecule has 98 valence electrons. The average molecular weight is 255 g/mol. The van der Waals surface area contributed by atoms with Gasteiger partial charge in [-0.15, -0.1) is 0 Å². The lowest BCUT2D eigenvalue weighted by molar-refractivity contribution is -0.139. The Bertz CT molecular complexity index is 411. The van der Waals surface area contributed by atoms with E-state index in [0.717, 1.165) is 0 Å².